The first-order valence-corrected chi connectivity index (χ1v) is 11.7. The molecule has 2 bridgehead atoms. The van der Waals surface area contributed by atoms with Crippen LogP contribution in [-0.2, 0) is 13.6 Å². The van der Waals surface area contributed by atoms with Gasteiger partial charge in [-0.25, -0.2) is 0 Å². The van der Waals surface area contributed by atoms with Crippen LogP contribution in [0, 0.1) is 5.92 Å². The Bertz CT molecular complexity index is 1210. The number of nitrogens with zero attached hydrogens (tertiary/aromatic N) is 3. The standard InChI is InChI=1S/C27H30N4O/c1-30-27(15-26(29-30)22-9-8-19-5-2-3-6-20(19)13-22)25-18-31-11-10-21(25)14-23(31)16-28-17-24-7-4-12-32-24/h2-9,12-13,15,21,23,25,28H,10-11,14,16-18H2,1H3/t21-,23+,25-/m0/s1. The van der Waals surface area contributed by atoms with Gasteiger partial charge in [-0.15, -0.1) is 0 Å². The second-order valence-electron chi connectivity index (χ2n) is 9.39. The van der Waals surface area contributed by atoms with E-state index in [1.165, 1.54) is 41.4 Å². The summed E-state index contributed by atoms with van der Waals surface area (Å²) in [6.07, 6.45) is 4.29. The zero-order valence-corrected chi connectivity index (χ0v) is 18.6. The Morgan fingerprint density at radius 2 is 1.97 bits per heavy atom. The van der Waals surface area contributed by atoms with E-state index in [4.69, 9.17) is 9.52 Å². The number of hydrogen-bond acceptors (Lipinski definition) is 4. The zero-order chi connectivity index (χ0) is 21.5. The van der Waals surface area contributed by atoms with Crippen molar-refractivity contribution in [2.75, 3.05) is 19.6 Å². The van der Waals surface area contributed by atoms with Gasteiger partial charge in [0, 0.05) is 43.4 Å². The number of furan rings is 1. The molecular weight excluding hydrogens is 396 g/mol. The quantitative estimate of drug-likeness (QED) is 0.481. The summed E-state index contributed by atoms with van der Waals surface area (Å²) in [7, 11) is 2.11. The van der Waals surface area contributed by atoms with E-state index in [1.54, 1.807) is 6.26 Å². The number of piperidine rings is 3. The van der Waals surface area contributed by atoms with Crippen LogP contribution in [0.3, 0.4) is 0 Å². The zero-order valence-electron chi connectivity index (χ0n) is 18.6. The highest BCUT2D eigenvalue weighted by molar-refractivity contribution is 5.86. The Morgan fingerprint density at radius 1 is 1.06 bits per heavy atom. The van der Waals surface area contributed by atoms with Crippen LogP contribution in [0.1, 0.15) is 30.2 Å². The van der Waals surface area contributed by atoms with Gasteiger partial charge in [0.05, 0.1) is 18.5 Å². The third-order valence-electron chi connectivity index (χ3n) is 7.48. The number of benzene rings is 2. The molecule has 3 fully saturated rings. The highest BCUT2D eigenvalue weighted by Gasteiger charge is 2.41. The van der Waals surface area contributed by atoms with Gasteiger partial charge in [0.25, 0.3) is 0 Å². The van der Waals surface area contributed by atoms with Crippen LogP contribution in [0.15, 0.2) is 71.3 Å². The molecule has 4 atom stereocenters. The lowest BCUT2D eigenvalue weighted by atomic mass is 9.74. The fourth-order valence-corrected chi connectivity index (χ4v) is 5.78. The molecule has 0 radical (unpaired) electrons. The van der Waals surface area contributed by atoms with Gasteiger partial charge < -0.3 is 9.73 Å². The summed E-state index contributed by atoms with van der Waals surface area (Å²) in [5.41, 5.74) is 3.66. The molecule has 7 rings (SSSR count). The van der Waals surface area contributed by atoms with Crippen molar-refractivity contribution < 1.29 is 4.42 Å². The number of nitrogens with one attached hydrogen (secondary N) is 1. The average Bonchev–Trinajstić information content (AvgIpc) is 3.49. The van der Waals surface area contributed by atoms with Gasteiger partial charge in [0.1, 0.15) is 5.76 Å². The maximum Gasteiger partial charge on any atom is 0.117 e. The molecule has 0 saturated carbocycles. The van der Waals surface area contributed by atoms with E-state index in [1.807, 2.05) is 12.1 Å². The lowest BCUT2D eigenvalue weighted by Gasteiger charge is -2.50. The molecular formula is C27H30N4O. The molecule has 3 aliphatic heterocycles. The molecule has 3 aliphatic rings. The topological polar surface area (TPSA) is 46.2 Å². The first kappa shape index (κ1) is 19.8. The summed E-state index contributed by atoms with van der Waals surface area (Å²) < 4.78 is 7.58. The van der Waals surface area contributed by atoms with Crippen molar-refractivity contribution in [1.29, 1.82) is 0 Å². The summed E-state index contributed by atoms with van der Waals surface area (Å²) in [5, 5.41) is 11.1. The monoisotopic (exact) mass is 426 g/mol. The first-order valence-electron chi connectivity index (χ1n) is 11.7. The van der Waals surface area contributed by atoms with Gasteiger partial charge in [0.15, 0.2) is 0 Å². The summed E-state index contributed by atoms with van der Waals surface area (Å²) in [6, 6.07) is 22.1. The molecule has 1 N–H and O–H groups in total. The second-order valence-corrected chi connectivity index (χ2v) is 9.39. The number of hydrogen-bond donors (Lipinski definition) is 1. The van der Waals surface area contributed by atoms with Gasteiger partial charge >= 0.3 is 0 Å². The Hall–Kier alpha value is -2.89. The summed E-state index contributed by atoms with van der Waals surface area (Å²) >= 11 is 0. The largest absolute Gasteiger partial charge is 0.468 e. The number of fused-ring (bicyclic) bond motifs is 4. The van der Waals surface area contributed by atoms with Crippen LogP contribution in [0.5, 0.6) is 0 Å². The number of aromatic nitrogens is 2. The molecule has 32 heavy (non-hydrogen) atoms. The molecule has 5 heteroatoms. The SMILES string of the molecule is Cn1nc(-c2ccc3ccccc3c2)cc1[C@H]1CN2CC[C@H]1C[C@@H]2CNCc1ccco1. The predicted molar refractivity (Wildman–Crippen MR) is 127 cm³/mol. The van der Waals surface area contributed by atoms with Crippen molar-refractivity contribution in [2.24, 2.45) is 13.0 Å². The highest BCUT2D eigenvalue weighted by atomic mass is 16.3. The Labute approximate surface area is 189 Å². The van der Waals surface area contributed by atoms with Crippen LogP contribution in [-0.4, -0.2) is 40.4 Å². The third-order valence-corrected chi connectivity index (χ3v) is 7.48. The van der Waals surface area contributed by atoms with Crippen LogP contribution < -0.4 is 5.32 Å². The highest BCUT2D eigenvalue weighted by Crippen LogP contribution is 2.42. The molecule has 5 heterocycles. The lowest BCUT2D eigenvalue weighted by Crippen LogP contribution is -2.55. The molecule has 0 amide bonds. The fraction of sp³-hybridized carbons (Fsp3) is 0.370. The van der Waals surface area contributed by atoms with Gasteiger partial charge in [-0.05, 0) is 60.3 Å². The minimum atomic E-state index is 0.566. The van der Waals surface area contributed by atoms with Crippen molar-refractivity contribution in [2.45, 2.75) is 31.3 Å². The Balaban J connectivity index is 1.17. The van der Waals surface area contributed by atoms with E-state index >= 15 is 0 Å². The minimum absolute atomic E-state index is 0.566. The summed E-state index contributed by atoms with van der Waals surface area (Å²) in [4.78, 5) is 2.68. The second kappa shape index (κ2) is 8.23. The molecule has 3 saturated heterocycles. The number of rotatable bonds is 6. The molecule has 0 spiro atoms. The van der Waals surface area contributed by atoms with E-state index in [9.17, 15) is 0 Å². The normalized spacial score (nSPS) is 24.9. The first-order chi connectivity index (χ1) is 15.7. The van der Waals surface area contributed by atoms with Gasteiger partial charge in [-0.1, -0.05) is 36.4 Å². The van der Waals surface area contributed by atoms with Gasteiger partial charge in [0.2, 0.25) is 0 Å². The third kappa shape index (κ3) is 3.65. The van der Waals surface area contributed by atoms with Crippen molar-refractivity contribution in [3.05, 3.63) is 78.4 Å². The van der Waals surface area contributed by atoms with Crippen LogP contribution in [0.25, 0.3) is 22.0 Å². The molecule has 0 aliphatic carbocycles. The fourth-order valence-electron chi connectivity index (χ4n) is 5.78. The smallest absolute Gasteiger partial charge is 0.117 e. The maximum absolute atomic E-state index is 5.45. The van der Waals surface area contributed by atoms with E-state index in [-0.39, 0.29) is 0 Å². The molecule has 1 unspecified atom stereocenters. The summed E-state index contributed by atoms with van der Waals surface area (Å²) in [5.74, 6) is 2.31. The molecule has 5 nitrogen and oxygen atoms in total. The van der Waals surface area contributed by atoms with Crippen molar-refractivity contribution in [1.82, 2.24) is 20.0 Å². The molecule has 2 aromatic heterocycles. The van der Waals surface area contributed by atoms with Crippen molar-refractivity contribution in [3.63, 3.8) is 0 Å². The van der Waals surface area contributed by atoms with Crippen LogP contribution in [0.2, 0.25) is 0 Å². The van der Waals surface area contributed by atoms with Crippen molar-refractivity contribution >= 4 is 10.8 Å². The molecule has 164 valence electrons. The van der Waals surface area contributed by atoms with Gasteiger partial charge in [-0.3, -0.25) is 9.58 Å². The maximum atomic E-state index is 5.45. The summed E-state index contributed by atoms with van der Waals surface area (Å²) in [6.45, 7) is 4.18. The Morgan fingerprint density at radius 3 is 2.78 bits per heavy atom. The van der Waals surface area contributed by atoms with Crippen LogP contribution >= 0.6 is 0 Å². The van der Waals surface area contributed by atoms with E-state index in [0.29, 0.717) is 12.0 Å². The van der Waals surface area contributed by atoms with E-state index in [2.05, 4.69) is 70.5 Å². The Kier molecular flexibility index (Phi) is 5.08. The predicted octanol–water partition coefficient (Wildman–Crippen LogP) is 4.80. The number of aryl methyl sites for hydroxylation is 1. The van der Waals surface area contributed by atoms with Gasteiger partial charge in [-0.2, -0.15) is 5.10 Å². The van der Waals surface area contributed by atoms with Crippen LogP contribution in [0.4, 0.5) is 0 Å². The lowest BCUT2D eigenvalue weighted by molar-refractivity contribution is 0.0280. The van der Waals surface area contributed by atoms with E-state index < -0.39 is 0 Å². The molecule has 4 aromatic rings. The molecule has 2 aromatic carbocycles. The minimum Gasteiger partial charge on any atom is -0.468 e. The van der Waals surface area contributed by atoms with E-state index in [0.717, 1.165) is 37.0 Å². The average molecular weight is 427 g/mol. The van der Waals surface area contributed by atoms with Crippen molar-refractivity contribution in [3.8, 4) is 11.3 Å².